The van der Waals surface area contributed by atoms with Crippen LogP contribution in [0.5, 0.6) is 0 Å². The minimum atomic E-state index is -0.736. The van der Waals surface area contributed by atoms with Gasteiger partial charge < -0.3 is 0 Å². The van der Waals surface area contributed by atoms with Gasteiger partial charge in [0, 0.05) is 37.0 Å². The molecule has 2 aromatic heterocycles. The molecule has 0 aliphatic rings. The molecule has 0 saturated carbocycles. The molecule has 0 N–H and O–H groups in total. The van der Waals surface area contributed by atoms with Crippen LogP contribution in [-0.4, -0.2) is 20.5 Å². The highest BCUT2D eigenvalue weighted by molar-refractivity contribution is 5.97. The molecular formula is C24H19F2N3O. The average Bonchev–Trinajstić information content (AvgIpc) is 3.13. The van der Waals surface area contributed by atoms with Crippen LogP contribution in [0.4, 0.5) is 8.78 Å². The molecule has 4 rings (SSSR count). The van der Waals surface area contributed by atoms with Crippen molar-refractivity contribution in [1.82, 2.24) is 14.8 Å². The van der Waals surface area contributed by atoms with E-state index in [1.807, 2.05) is 37.3 Å². The van der Waals surface area contributed by atoms with Crippen molar-refractivity contribution in [3.05, 3.63) is 95.4 Å². The first-order chi connectivity index (χ1) is 14.4. The lowest BCUT2D eigenvalue weighted by Crippen LogP contribution is -2.08. The maximum Gasteiger partial charge on any atom is 0.187 e. The number of carbonyl (C=O) groups excluding carboxylic acids is 1. The van der Waals surface area contributed by atoms with Crippen LogP contribution in [-0.2, 0) is 13.5 Å². The summed E-state index contributed by atoms with van der Waals surface area (Å²) in [6.45, 7) is 1.98. The molecule has 0 bridgehead atoms. The Kier molecular flexibility index (Phi) is 5.23. The van der Waals surface area contributed by atoms with Gasteiger partial charge in [-0.15, -0.1) is 0 Å². The lowest BCUT2D eigenvalue weighted by molar-refractivity contribution is 0.0985. The van der Waals surface area contributed by atoms with E-state index in [1.165, 1.54) is 6.07 Å². The maximum absolute atomic E-state index is 13.9. The summed E-state index contributed by atoms with van der Waals surface area (Å²) in [5.74, 6) is -1.91. The summed E-state index contributed by atoms with van der Waals surface area (Å²) in [4.78, 5) is 16.7. The molecule has 0 unspecified atom stereocenters. The molecule has 0 fully saturated rings. The van der Waals surface area contributed by atoms with Gasteiger partial charge in [0.1, 0.15) is 17.3 Å². The van der Waals surface area contributed by atoms with Gasteiger partial charge in [-0.1, -0.05) is 18.2 Å². The van der Waals surface area contributed by atoms with Crippen LogP contribution < -0.4 is 0 Å². The number of aromatic nitrogens is 3. The van der Waals surface area contributed by atoms with Crippen LogP contribution in [0.25, 0.3) is 22.4 Å². The lowest BCUT2D eigenvalue weighted by atomic mass is 9.98. The Morgan fingerprint density at radius 2 is 1.67 bits per heavy atom. The van der Waals surface area contributed by atoms with E-state index < -0.39 is 17.4 Å². The summed E-state index contributed by atoms with van der Waals surface area (Å²) in [7, 11) is 1.74. The normalized spacial score (nSPS) is 10.9. The molecule has 6 heteroatoms. The molecule has 0 amide bonds. The van der Waals surface area contributed by atoms with Crippen LogP contribution in [0.3, 0.4) is 0 Å². The second-order valence-electron chi connectivity index (χ2n) is 7.10. The number of nitrogens with zero attached hydrogens (tertiary/aromatic N) is 3. The molecule has 2 heterocycles. The number of Topliss-reactive ketones (excluding diaryl/α,β-unsaturated/α-hetero) is 1. The Bertz CT molecular complexity index is 1210. The minimum Gasteiger partial charge on any atom is -0.292 e. The predicted molar refractivity (Wildman–Crippen MR) is 111 cm³/mol. The van der Waals surface area contributed by atoms with Gasteiger partial charge in [-0.05, 0) is 60.0 Å². The first-order valence-electron chi connectivity index (χ1n) is 9.45. The molecule has 0 saturated heterocycles. The fourth-order valence-electron chi connectivity index (χ4n) is 3.43. The summed E-state index contributed by atoms with van der Waals surface area (Å²) in [5.41, 5.74) is 4.67. The fraction of sp³-hybridized carbons (Fsp3) is 0.125. The number of benzene rings is 2. The van der Waals surface area contributed by atoms with E-state index in [2.05, 4.69) is 10.1 Å². The van der Waals surface area contributed by atoms with E-state index in [0.29, 0.717) is 0 Å². The molecule has 0 aliphatic heterocycles. The summed E-state index contributed by atoms with van der Waals surface area (Å²) in [6, 6.07) is 15.1. The van der Waals surface area contributed by atoms with Crippen LogP contribution in [0.1, 0.15) is 21.6 Å². The van der Waals surface area contributed by atoms with Crippen molar-refractivity contribution < 1.29 is 13.6 Å². The number of hydrogen-bond acceptors (Lipinski definition) is 3. The van der Waals surface area contributed by atoms with Gasteiger partial charge in [-0.25, -0.2) is 8.78 Å². The quantitative estimate of drug-likeness (QED) is 0.433. The fourth-order valence-corrected chi connectivity index (χ4v) is 3.43. The summed E-state index contributed by atoms with van der Waals surface area (Å²) in [6.07, 6.45) is 3.08. The van der Waals surface area contributed by atoms with Gasteiger partial charge >= 0.3 is 0 Å². The second-order valence-corrected chi connectivity index (χ2v) is 7.10. The third kappa shape index (κ3) is 3.76. The summed E-state index contributed by atoms with van der Waals surface area (Å²) >= 11 is 0. The van der Waals surface area contributed by atoms with Crippen LogP contribution in [0.15, 0.2) is 67.0 Å². The zero-order valence-electron chi connectivity index (χ0n) is 16.6. The van der Waals surface area contributed by atoms with Crippen molar-refractivity contribution in [3.8, 4) is 22.4 Å². The molecular weight excluding hydrogens is 384 g/mol. The highest BCUT2D eigenvalue weighted by Crippen LogP contribution is 2.30. The van der Waals surface area contributed by atoms with Gasteiger partial charge in [-0.3, -0.25) is 14.5 Å². The zero-order valence-corrected chi connectivity index (χ0v) is 16.6. The van der Waals surface area contributed by atoms with E-state index in [-0.39, 0.29) is 17.7 Å². The third-order valence-electron chi connectivity index (χ3n) is 5.09. The first-order valence-corrected chi connectivity index (χ1v) is 9.45. The van der Waals surface area contributed by atoms with Crippen LogP contribution >= 0.6 is 0 Å². The number of hydrogen-bond donors (Lipinski definition) is 0. The van der Waals surface area contributed by atoms with Gasteiger partial charge in [0.15, 0.2) is 5.78 Å². The van der Waals surface area contributed by atoms with Gasteiger partial charge in [0.25, 0.3) is 0 Å². The van der Waals surface area contributed by atoms with E-state index in [9.17, 15) is 13.6 Å². The van der Waals surface area contributed by atoms with Crippen molar-refractivity contribution in [3.63, 3.8) is 0 Å². The molecule has 2 aromatic carbocycles. The van der Waals surface area contributed by atoms with Crippen molar-refractivity contribution >= 4 is 5.78 Å². The van der Waals surface area contributed by atoms with Crippen molar-refractivity contribution in [1.29, 1.82) is 0 Å². The van der Waals surface area contributed by atoms with Gasteiger partial charge in [-0.2, -0.15) is 5.10 Å². The number of rotatable bonds is 5. The largest absolute Gasteiger partial charge is 0.292 e. The molecule has 0 radical (unpaired) electrons. The van der Waals surface area contributed by atoms with E-state index >= 15 is 0 Å². The zero-order chi connectivity index (χ0) is 21.3. The molecule has 30 heavy (non-hydrogen) atoms. The standard InChI is InChI=1S/C24H19F2N3O/c1-15-6-7-17(16-8-10-27-11-9-16)12-18(15)23-14-22(28-29(23)2)24(30)13-19-20(25)4-3-5-21(19)26/h3-12,14H,13H2,1-2H3. The van der Waals surface area contributed by atoms with E-state index in [0.717, 1.165) is 40.1 Å². The highest BCUT2D eigenvalue weighted by atomic mass is 19.1. The Hall–Kier alpha value is -3.67. The number of pyridine rings is 1. The predicted octanol–water partition coefficient (Wildman–Crippen LogP) is 5.16. The Morgan fingerprint density at radius 3 is 2.37 bits per heavy atom. The average molecular weight is 403 g/mol. The van der Waals surface area contributed by atoms with Crippen LogP contribution in [0.2, 0.25) is 0 Å². The minimum absolute atomic E-state index is 0.170. The van der Waals surface area contributed by atoms with E-state index in [1.54, 1.807) is 30.2 Å². The molecule has 0 atom stereocenters. The lowest BCUT2D eigenvalue weighted by Gasteiger charge is -2.09. The van der Waals surface area contributed by atoms with Crippen molar-refractivity contribution in [2.45, 2.75) is 13.3 Å². The van der Waals surface area contributed by atoms with Crippen molar-refractivity contribution in [2.75, 3.05) is 0 Å². The number of aryl methyl sites for hydroxylation is 2. The number of carbonyl (C=O) groups is 1. The number of ketones is 1. The molecule has 0 spiro atoms. The van der Waals surface area contributed by atoms with Gasteiger partial charge in [0.05, 0.1) is 5.69 Å². The topological polar surface area (TPSA) is 47.8 Å². The summed E-state index contributed by atoms with van der Waals surface area (Å²) < 4.78 is 29.4. The smallest absolute Gasteiger partial charge is 0.187 e. The SMILES string of the molecule is Cc1ccc(-c2ccncc2)cc1-c1cc(C(=O)Cc2c(F)cccc2F)nn1C. The molecule has 0 aliphatic carbocycles. The second kappa shape index (κ2) is 7.99. The molecule has 4 aromatic rings. The molecule has 4 nitrogen and oxygen atoms in total. The maximum atomic E-state index is 13.9. The Labute approximate surface area is 172 Å². The van der Waals surface area contributed by atoms with Crippen LogP contribution in [0, 0.1) is 18.6 Å². The van der Waals surface area contributed by atoms with Gasteiger partial charge in [0.2, 0.25) is 0 Å². The van der Waals surface area contributed by atoms with E-state index in [4.69, 9.17) is 0 Å². The Balaban J connectivity index is 1.69. The summed E-state index contributed by atoms with van der Waals surface area (Å²) in [5, 5.41) is 4.30. The third-order valence-corrected chi connectivity index (χ3v) is 5.09. The highest BCUT2D eigenvalue weighted by Gasteiger charge is 2.19. The Morgan fingerprint density at radius 1 is 0.967 bits per heavy atom. The first kappa shape index (κ1) is 19.6. The molecule has 150 valence electrons. The monoisotopic (exact) mass is 403 g/mol. The number of halogens is 2. The van der Waals surface area contributed by atoms with Crippen molar-refractivity contribution in [2.24, 2.45) is 7.05 Å².